The molecule has 9 nitrogen and oxygen atoms in total. The maximum Gasteiger partial charge on any atom is 0.158 e. The third-order valence-electron chi connectivity index (χ3n) is 4.20. The summed E-state index contributed by atoms with van der Waals surface area (Å²) in [5.74, 6) is 1.51. The van der Waals surface area contributed by atoms with E-state index in [0.717, 1.165) is 4.47 Å². The molecule has 152 valence electrons. The predicted octanol–water partition coefficient (Wildman–Crippen LogP) is 3.81. The molecule has 1 N–H and O–H groups in total. The zero-order valence-electron chi connectivity index (χ0n) is 15.7. The Bertz CT molecular complexity index is 1330. The molecule has 2 atom stereocenters. The van der Waals surface area contributed by atoms with Crippen LogP contribution in [-0.4, -0.2) is 36.0 Å². The Balaban J connectivity index is 1.77. The van der Waals surface area contributed by atoms with Crippen LogP contribution in [0.1, 0.15) is 29.9 Å². The van der Waals surface area contributed by atoms with Gasteiger partial charge in [-0.1, -0.05) is 15.9 Å². The van der Waals surface area contributed by atoms with Crippen LogP contribution in [0.5, 0.6) is 0 Å². The SMILES string of the molecule is CC(N=C1NS(C)(=O)=Nc2c(Br)cc(Br)cc21)c1ncnn1-c1ccc(C#N)cn1. The van der Waals surface area contributed by atoms with E-state index in [0.29, 0.717) is 38.8 Å². The second-order valence-electron chi connectivity index (χ2n) is 6.48. The molecule has 0 spiro atoms. The Kier molecular flexibility index (Phi) is 5.44. The van der Waals surface area contributed by atoms with Gasteiger partial charge in [-0.15, -0.1) is 0 Å². The van der Waals surface area contributed by atoms with Gasteiger partial charge in [-0.25, -0.2) is 14.2 Å². The van der Waals surface area contributed by atoms with E-state index in [9.17, 15) is 4.21 Å². The average Bonchev–Trinajstić information content (AvgIpc) is 3.18. The fraction of sp³-hybridized carbons (Fsp3) is 0.167. The van der Waals surface area contributed by atoms with Gasteiger partial charge in [0.2, 0.25) is 0 Å². The molecule has 30 heavy (non-hydrogen) atoms. The van der Waals surface area contributed by atoms with Crippen LogP contribution in [0.3, 0.4) is 0 Å². The van der Waals surface area contributed by atoms with Crippen molar-refractivity contribution in [2.45, 2.75) is 13.0 Å². The molecular formula is C18H14Br2N8OS. The van der Waals surface area contributed by atoms with Crippen molar-refractivity contribution in [2.75, 3.05) is 6.26 Å². The van der Waals surface area contributed by atoms with E-state index in [1.54, 1.807) is 16.8 Å². The van der Waals surface area contributed by atoms with Crippen molar-refractivity contribution in [3.05, 3.63) is 62.7 Å². The van der Waals surface area contributed by atoms with E-state index >= 15 is 0 Å². The smallest absolute Gasteiger partial charge is 0.158 e. The summed E-state index contributed by atoms with van der Waals surface area (Å²) in [6.45, 7) is 1.86. The molecule has 1 aromatic carbocycles. The molecule has 0 saturated heterocycles. The molecule has 0 amide bonds. The summed E-state index contributed by atoms with van der Waals surface area (Å²) >= 11 is 6.95. The summed E-state index contributed by atoms with van der Waals surface area (Å²) in [7, 11) is -2.70. The van der Waals surface area contributed by atoms with E-state index < -0.39 is 16.0 Å². The fourth-order valence-corrected chi connectivity index (χ4v) is 5.45. The first-order chi connectivity index (χ1) is 14.3. The summed E-state index contributed by atoms with van der Waals surface area (Å²) in [4.78, 5) is 13.3. The second kappa shape index (κ2) is 7.90. The summed E-state index contributed by atoms with van der Waals surface area (Å²) in [6, 6.07) is 8.66. The highest BCUT2D eigenvalue weighted by atomic mass is 79.9. The Morgan fingerprint density at radius 3 is 2.80 bits per heavy atom. The van der Waals surface area contributed by atoms with E-state index in [2.05, 4.69) is 56.0 Å². The zero-order valence-corrected chi connectivity index (χ0v) is 19.7. The molecule has 1 aliphatic heterocycles. The van der Waals surface area contributed by atoms with Crippen LogP contribution < -0.4 is 4.72 Å². The van der Waals surface area contributed by atoms with Crippen molar-refractivity contribution >= 4 is 53.3 Å². The molecule has 0 fully saturated rings. The molecule has 2 unspecified atom stereocenters. The van der Waals surface area contributed by atoms with Gasteiger partial charge in [0.15, 0.2) is 11.6 Å². The van der Waals surface area contributed by atoms with Crippen LogP contribution in [0, 0.1) is 11.3 Å². The monoisotopic (exact) mass is 548 g/mol. The summed E-state index contributed by atoms with van der Waals surface area (Å²) in [5, 5.41) is 13.2. The molecule has 0 bridgehead atoms. The number of hydrogen-bond acceptors (Lipinski definition) is 7. The first-order valence-corrected chi connectivity index (χ1v) is 12.1. The topological polar surface area (TPSA) is 121 Å². The van der Waals surface area contributed by atoms with E-state index in [-0.39, 0.29) is 0 Å². The Morgan fingerprint density at radius 1 is 1.30 bits per heavy atom. The molecule has 2 aromatic heterocycles. The van der Waals surface area contributed by atoms with Crippen LogP contribution in [0.4, 0.5) is 5.69 Å². The number of benzene rings is 1. The minimum absolute atomic E-state index is 0.439. The van der Waals surface area contributed by atoms with Gasteiger partial charge in [0, 0.05) is 27.0 Å². The Hall–Kier alpha value is -2.62. The van der Waals surface area contributed by atoms with Crippen molar-refractivity contribution in [1.82, 2.24) is 24.5 Å². The van der Waals surface area contributed by atoms with E-state index in [1.165, 1.54) is 18.8 Å². The van der Waals surface area contributed by atoms with Crippen LogP contribution in [0.15, 0.2) is 55.1 Å². The number of nitrogens with zero attached hydrogens (tertiary/aromatic N) is 7. The number of fused-ring (bicyclic) bond motifs is 1. The van der Waals surface area contributed by atoms with Gasteiger partial charge in [0.25, 0.3) is 0 Å². The third-order valence-corrected chi connectivity index (χ3v) is 6.36. The molecule has 3 heterocycles. The van der Waals surface area contributed by atoms with Crippen molar-refractivity contribution in [2.24, 2.45) is 9.36 Å². The van der Waals surface area contributed by atoms with Crippen LogP contribution >= 0.6 is 31.9 Å². The molecule has 0 radical (unpaired) electrons. The lowest BCUT2D eigenvalue weighted by atomic mass is 10.1. The number of pyridine rings is 1. The number of aromatic nitrogens is 4. The molecule has 0 saturated carbocycles. The van der Waals surface area contributed by atoms with Gasteiger partial charge >= 0.3 is 0 Å². The third kappa shape index (κ3) is 4.00. The maximum absolute atomic E-state index is 12.8. The number of hydrogen-bond donors (Lipinski definition) is 1. The number of nitriles is 1. The van der Waals surface area contributed by atoms with Gasteiger partial charge in [0.1, 0.15) is 34.2 Å². The quantitative estimate of drug-likeness (QED) is 0.532. The highest BCUT2D eigenvalue weighted by molar-refractivity contribution is 9.11. The molecule has 12 heteroatoms. The summed E-state index contributed by atoms with van der Waals surface area (Å²) in [6.07, 6.45) is 4.41. The largest absolute Gasteiger partial charge is 0.283 e. The number of aliphatic imine (C=N–C) groups is 1. The minimum atomic E-state index is -2.70. The lowest BCUT2D eigenvalue weighted by Crippen LogP contribution is -2.33. The number of rotatable bonds is 3. The van der Waals surface area contributed by atoms with Crippen molar-refractivity contribution < 1.29 is 4.21 Å². The predicted molar refractivity (Wildman–Crippen MR) is 120 cm³/mol. The van der Waals surface area contributed by atoms with Crippen molar-refractivity contribution in [3.63, 3.8) is 0 Å². The first kappa shape index (κ1) is 20.6. The van der Waals surface area contributed by atoms with E-state index in [4.69, 9.17) is 10.3 Å². The normalized spacial score (nSPS) is 20.0. The van der Waals surface area contributed by atoms with E-state index in [1.807, 2.05) is 25.1 Å². The average molecular weight is 550 g/mol. The van der Waals surface area contributed by atoms with Crippen LogP contribution in [0.25, 0.3) is 5.82 Å². The lowest BCUT2D eigenvalue weighted by Gasteiger charge is -2.21. The lowest BCUT2D eigenvalue weighted by molar-refractivity contribution is 0.672. The number of nitrogens with one attached hydrogen (secondary N) is 1. The Morgan fingerprint density at radius 2 is 2.10 bits per heavy atom. The number of halogens is 2. The highest BCUT2D eigenvalue weighted by Gasteiger charge is 2.24. The van der Waals surface area contributed by atoms with Crippen molar-refractivity contribution in [1.29, 1.82) is 5.26 Å². The zero-order chi connectivity index (χ0) is 21.5. The van der Waals surface area contributed by atoms with Crippen LogP contribution in [-0.2, 0) is 9.92 Å². The fourth-order valence-electron chi connectivity index (χ4n) is 2.91. The van der Waals surface area contributed by atoms with Gasteiger partial charge in [-0.05, 0) is 47.1 Å². The highest BCUT2D eigenvalue weighted by Crippen LogP contribution is 2.36. The molecule has 4 rings (SSSR count). The molecule has 0 aliphatic carbocycles. The number of amidine groups is 1. The molecule has 3 aromatic rings. The Labute approximate surface area is 189 Å². The van der Waals surface area contributed by atoms with Gasteiger partial charge in [-0.2, -0.15) is 19.4 Å². The minimum Gasteiger partial charge on any atom is -0.283 e. The van der Waals surface area contributed by atoms with Gasteiger partial charge in [-0.3, -0.25) is 9.71 Å². The second-order valence-corrected chi connectivity index (χ2v) is 10.2. The summed E-state index contributed by atoms with van der Waals surface area (Å²) in [5.41, 5.74) is 1.74. The standard InChI is InChI=1S/C18H14Br2N8OS/c1-10(18-23-9-24-28(18)15-4-3-11(7-21)8-22-15)25-17-13-5-12(19)6-14(20)16(13)26-30(2,29)27-17/h3-6,8-10H,1-2H3,(H,25,26,27,29). The molecule has 1 aliphatic rings. The van der Waals surface area contributed by atoms with Crippen LogP contribution in [0.2, 0.25) is 0 Å². The van der Waals surface area contributed by atoms with Crippen molar-refractivity contribution in [3.8, 4) is 11.9 Å². The van der Waals surface area contributed by atoms with Gasteiger partial charge < -0.3 is 0 Å². The summed E-state index contributed by atoms with van der Waals surface area (Å²) < 4.78 is 23.1. The van der Waals surface area contributed by atoms with Gasteiger partial charge in [0.05, 0.1) is 11.3 Å². The first-order valence-electron chi connectivity index (χ1n) is 8.61. The molecular weight excluding hydrogens is 536 g/mol. The maximum atomic E-state index is 12.8.